The molecule has 2 rings (SSSR count). The number of anilines is 1. The van der Waals surface area contributed by atoms with E-state index in [1.807, 2.05) is 18.2 Å². The van der Waals surface area contributed by atoms with E-state index in [4.69, 9.17) is 0 Å². The van der Waals surface area contributed by atoms with Crippen LogP contribution in [-0.2, 0) is 9.59 Å². The van der Waals surface area contributed by atoms with Gasteiger partial charge < -0.3 is 0 Å². The lowest BCUT2D eigenvalue weighted by atomic mass is 10.3. The molecular formula is C14H19NO2SSi. The van der Waals surface area contributed by atoms with Crippen molar-refractivity contribution in [1.82, 2.24) is 0 Å². The predicted octanol–water partition coefficient (Wildman–Crippen LogP) is 2.93. The van der Waals surface area contributed by atoms with E-state index >= 15 is 0 Å². The first-order valence-corrected chi connectivity index (χ1v) is 11.2. The highest BCUT2D eigenvalue weighted by Gasteiger charge is 2.40. The molecule has 0 aromatic heterocycles. The molecule has 3 nitrogen and oxygen atoms in total. The van der Waals surface area contributed by atoms with Crippen molar-refractivity contribution in [2.75, 3.05) is 10.3 Å². The molecule has 1 heterocycles. The van der Waals surface area contributed by atoms with Crippen LogP contribution in [0.1, 0.15) is 6.42 Å². The largest absolute Gasteiger partial charge is 0.274 e. The SMILES string of the molecule is C[Si](C)(C)CS[C@H]1CC(=O)N(c2ccccc2)C1=O. The van der Waals surface area contributed by atoms with Crippen LogP contribution in [0, 0.1) is 0 Å². The maximum Gasteiger partial charge on any atom is 0.247 e. The molecule has 0 N–H and O–H groups in total. The molecule has 102 valence electrons. The van der Waals surface area contributed by atoms with Crippen LogP contribution < -0.4 is 4.90 Å². The van der Waals surface area contributed by atoms with Crippen LogP contribution in [0.15, 0.2) is 30.3 Å². The predicted molar refractivity (Wildman–Crippen MR) is 83.1 cm³/mol. The van der Waals surface area contributed by atoms with E-state index < -0.39 is 8.07 Å². The molecule has 1 aliphatic rings. The summed E-state index contributed by atoms with van der Waals surface area (Å²) in [6, 6.07) is 9.19. The molecular weight excluding hydrogens is 274 g/mol. The second-order valence-corrected chi connectivity index (χ2v) is 13.1. The Hall–Kier alpha value is -1.07. The Morgan fingerprint density at radius 2 is 1.84 bits per heavy atom. The molecule has 0 bridgehead atoms. The third-order valence-electron chi connectivity index (χ3n) is 2.84. The average Bonchev–Trinajstić information content (AvgIpc) is 2.62. The van der Waals surface area contributed by atoms with Crippen molar-refractivity contribution in [3.05, 3.63) is 30.3 Å². The third-order valence-corrected chi connectivity index (χ3v) is 7.74. The zero-order valence-corrected chi connectivity index (χ0v) is 13.4. The van der Waals surface area contributed by atoms with Crippen LogP contribution in [0.4, 0.5) is 5.69 Å². The zero-order chi connectivity index (χ0) is 14.0. The number of thioether (sulfide) groups is 1. The molecule has 1 aromatic rings. The molecule has 1 fully saturated rings. The summed E-state index contributed by atoms with van der Waals surface area (Å²) in [5.41, 5.74) is 0.689. The van der Waals surface area contributed by atoms with Gasteiger partial charge in [-0.15, -0.1) is 0 Å². The third kappa shape index (κ3) is 3.48. The van der Waals surface area contributed by atoms with E-state index in [9.17, 15) is 9.59 Å². The molecule has 0 aliphatic carbocycles. The molecule has 2 amide bonds. The topological polar surface area (TPSA) is 37.4 Å². The minimum absolute atomic E-state index is 0.0561. The number of nitrogens with zero attached hydrogens (tertiary/aromatic N) is 1. The summed E-state index contributed by atoms with van der Waals surface area (Å²) in [4.78, 5) is 25.7. The highest BCUT2D eigenvalue weighted by Crippen LogP contribution is 2.30. The van der Waals surface area contributed by atoms with Crippen molar-refractivity contribution in [1.29, 1.82) is 0 Å². The van der Waals surface area contributed by atoms with Crippen LogP contribution in [0.3, 0.4) is 0 Å². The van der Waals surface area contributed by atoms with Gasteiger partial charge in [0.1, 0.15) is 0 Å². The number of hydrogen-bond acceptors (Lipinski definition) is 3. The highest BCUT2D eigenvalue weighted by molar-refractivity contribution is 8.02. The molecule has 1 atom stereocenters. The van der Waals surface area contributed by atoms with Crippen molar-refractivity contribution in [3.63, 3.8) is 0 Å². The summed E-state index contributed by atoms with van der Waals surface area (Å²) < 4.78 is 0. The van der Waals surface area contributed by atoms with Gasteiger partial charge in [0.2, 0.25) is 11.8 Å². The molecule has 1 aromatic carbocycles. The lowest BCUT2D eigenvalue weighted by Crippen LogP contribution is -2.32. The van der Waals surface area contributed by atoms with Gasteiger partial charge >= 0.3 is 0 Å². The molecule has 1 aliphatic heterocycles. The molecule has 19 heavy (non-hydrogen) atoms. The first-order valence-electron chi connectivity index (χ1n) is 6.42. The van der Waals surface area contributed by atoms with Gasteiger partial charge in [0.25, 0.3) is 0 Å². The van der Waals surface area contributed by atoms with Crippen LogP contribution in [0.2, 0.25) is 19.6 Å². The molecule has 0 unspecified atom stereocenters. The van der Waals surface area contributed by atoms with Crippen molar-refractivity contribution >= 4 is 37.3 Å². The number of para-hydroxylation sites is 1. The Morgan fingerprint density at radius 1 is 1.21 bits per heavy atom. The van der Waals surface area contributed by atoms with Gasteiger partial charge in [0.05, 0.1) is 19.0 Å². The van der Waals surface area contributed by atoms with Crippen molar-refractivity contribution in [2.24, 2.45) is 0 Å². The maximum absolute atomic E-state index is 12.3. The van der Waals surface area contributed by atoms with Gasteiger partial charge in [0, 0.05) is 6.42 Å². The lowest BCUT2D eigenvalue weighted by molar-refractivity contribution is -0.121. The van der Waals surface area contributed by atoms with Gasteiger partial charge in [-0.25, -0.2) is 4.90 Å². The first-order chi connectivity index (χ1) is 8.88. The highest BCUT2D eigenvalue weighted by atomic mass is 32.2. The normalized spacial score (nSPS) is 20.2. The molecule has 5 heteroatoms. The fourth-order valence-corrected chi connectivity index (χ4v) is 5.25. The minimum atomic E-state index is -1.20. The van der Waals surface area contributed by atoms with Crippen molar-refractivity contribution in [2.45, 2.75) is 31.3 Å². The van der Waals surface area contributed by atoms with E-state index in [2.05, 4.69) is 19.6 Å². The summed E-state index contributed by atoms with van der Waals surface area (Å²) in [5, 5.41) is 0.818. The van der Waals surface area contributed by atoms with Crippen LogP contribution in [0.25, 0.3) is 0 Å². The van der Waals surface area contributed by atoms with Crippen molar-refractivity contribution < 1.29 is 9.59 Å². The Kier molecular flexibility index (Phi) is 4.15. The fraction of sp³-hybridized carbons (Fsp3) is 0.429. The number of rotatable bonds is 4. The smallest absolute Gasteiger partial charge is 0.247 e. The fourth-order valence-electron chi connectivity index (χ4n) is 1.93. The van der Waals surface area contributed by atoms with E-state index in [1.54, 1.807) is 23.9 Å². The number of carbonyl (C=O) groups excluding carboxylic acids is 2. The number of imide groups is 1. The molecule has 1 saturated heterocycles. The van der Waals surface area contributed by atoms with E-state index in [0.29, 0.717) is 12.1 Å². The number of hydrogen-bond donors (Lipinski definition) is 0. The Bertz CT molecular complexity index is 484. The summed E-state index contributed by atoms with van der Waals surface area (Å²) in [6.07, 6.45) is 0.336. The van der Waals surface area contributed by atoms with E-state index in [-0.39, 0.29) is 17.1 Å². The second-order valence-electron chi connectivity index (χ2n) is 5.97. The number of carbonyl (C=O) groups is 2. The minimum Gasteiger partial charge on any atom is -0.274 e. The summed E-state index contributed by atoms with van der Waals surface area (Å²) in [7, 11) is -1.20. The van der Waals surface area contributed by atoms with Crippen molar-refractivity contribution in [3.8, 4) is 0 Å². The van der Waals surface area contributed by atoms with Gasteiger partial charge in [-0.3, -0.25) is 9.59 Å². The molecule has 0 spiro atoms. The van der Waals surface area contributed by atoms with Gasteiger partial charge in [-0.2, -0.15) is 11.8 Å². The van der Waals surface area contributed by atoms with Gasteiger partial charge in [0.15, 0.2) is 0 Å². The Balaban J connectivity index is 2.09. The Morgan fingerprint density at radius 3 is 2.42 bits per heavy atom. The summed E-state index contributed by atoms with van der Waals surface area (Å²) in [5.74, 6) is -0.135. The van der Waals surface area contributed by atoms with E-state index in [0.717, 1.165) is 5.38 Å². The van der Waals surface area contributed by atoms with Crippen LogP contribution in [0.5, 0.6) is 0 Å². The quantitative estimate of drug-likeness (QED) is 0.633. The average molecular weight is 293 g/mol. The molecule has 0 radical (unpaired) electrons. The zero-order valence-electron chi connectivity index (χ0n) is 11.6. The van der Waals surface area contributed by atoms with Gasteiger partial charge in [-0.1, -0.05) is 37.8 Å². The first kappa shape index (κ1) is 14.3. The Labute approximate surface area is 119 Å². The maximum atomic E-state index is 12.3. The van der Waals surface area contributed by atoms with Crippen LogP contribution >= 0.6 is 11.8 Å². The van der Waals surface area contributed by atoms with E-state index in [1.165, 1.54) is 4.90 Å². The lowest BCUT2D eigenvalue weighted by Gasteiger charge is -2.18. The monoisotopic (exact) mass is 293 g/mol. The summed E-state index contributed by atoms with van der Waals surface area (Å²) in [6.45, 7) is 6.82. The summed E-state index contributed by atoms with van der Waals surface area (Å²) >= 11 is 1.65. The molecule has 0 saturated carbocycles. The second kappa shape index (κ2) is 5.51. The number of amides is 2. The number of benzene rings is 1. The standard InChI is InChI=1S/C14H19NO2SSi/c1-19(2,3)10-18-12-9-13(16)15(14(12)17)11-7-5-4-6-8-11/h4-8,12H,9-10H2,1-3H3/t12-/m0/s1. The van der Waals surface area contributed by atoms with Gasteiger partial charge in [-0.05, 0) is 17.5 Å². The van der Waals surface area contributed by atoms with Crippen LogP contribution in [-0.4, -0.2) is 30.5 Å².